The van der Waals surface area contributed by atoms with Gasteiger partial charge in [0.25, 0.3) is 0 Å². The lowest BCUT2D eigenvalue weighted by Gasteiger charge is -2.36. The summed E-state index contributed by atoms with van der Waals surface area (Å²) in [6, 6.07) is 0.109. The molecule has 0 unspecified atom stereocenters. The summed E-state index contributed by atoms with van der Waals surface area (Å²) in [5, 5.41) is 17.9. The normalized spacial score (nSPS) is 20.8. The molecule has 13 heteroatoms. The third kappa shape index (κ3) is 6.30. The largest absolute Gasteiger partial charge is 0.444 e. The summed E-state index contributed by atoms with van der Waals surface area (Å²) >= 11 is 0. The number of amides is 2. The highest BCUT2D eigenvalue weighted by Gasteiger charge is 2.32. The van der Waals surface area contributed by atoms with Crippen LogP contribution in [0.3, 0.4) is 0 Å². The van der Waals surface area contributed by atoms with Crippen LogP contribution in [0.25, 0.3) is 5.65 Å². The zero-order chi connectivity index (χ0) is 28.4. The molecule has 3 aliphatic heterocycles. The molecule has 5 rings (SSSR count). The van der Waals surface area contributed by atoms with Crippen LogP contribution in [0.1, 0.15) is 44.6 Å². The Morgan fingerprint density at radius 3 is 2.52 bits per heavy atom. The summed E-state index contributed by atoms with van der Waals surface area (Å²) in [5.74, 6) is 1.41. The number of aliphatic hydroxyl groups excluding tert-OH is 1. The number of likely N-dealkylation sites (N-methyl/N-ethyl adjacent to an activating group) is 1. The van der Waals surface area contributed by atoms with Crippen LogP contribution >= 0.6 is 0 Å². The smallest absolute Gasteiger partial charge is 0.410 e. The van der Waals surface area contributed by atoms with Crippen molar-refractivity contribution in [1.29, 1.82) is 0 Å². The van der Waals surface area contributed by atoms with Crippen molar-refractivity contribution in [3.63, 3.8) is 0 Å². The first-order valence-electron chi connectivity index (χ1n) is 14.2. The average molecular weight is 556 g/mol. The fraction of sp³-hybridized carbons (Fsp3) is 0.667. The van der Waals surface area contributed by atoms with Gasteiger partial charge in [-0.3, -0.25) is 4.79 Å². The Morgan fingerprint density at radius 2 is 1.85 bits per heavy atom. The third-order valence-electron chi connectivity index (χ3n) is 7.69. The minimum Gasteiger partial charge on any atom is -0.444 e. The van der Waals surface area contributed by atoms with E-state index in [-0.39, 0.29) is 36.2 Å². The predicted molar refractivity (Wildman–Crippen MR) is 150 cm³/mol. The number of aliphatic hydroxyl groups is 1. The molecule has 13 nitrogen and oxygen atoms in total. The maximum Gasteiger partial charge on any atom is 0.410 e. The lowest BCUT2D eigenvalue weighted by atomic mass is 10.1. The maximum absolute atomic E-state index is 12.9. The average Bonchev–Trinajstić information content (AvgIpc) is 3.54. The van der Waals surface area contributed by atoms with Crippen LogP contribution < -0.4 is 10.2 Å². The van der Waals surface area contributed by atoms with Crippen LogP contribution in [-0.4, -0.2) is 130 Å². The summed E-state index contributed by atoms with van der Waals surface area (Å²) in [4.78, 5) is 42.2. The number of hydrogen-bond acceptors (Lipinski definition) is 10. The van der Waals surface area contributed by atoms with E-state index in [9.17, 15) is 14.7 Å². The van der Waals surface area contributed by atoms with Crippen molar-refractivity contribution < 1.29 is 19.4 Å². The first-order chi connectivity index (χ1) is 19.2. The molecule has 3 saturated heterocycles. The van der Waals surface area contributed by atoms with Gasteiger partial charge in [0.1, 0.15) is 6.10 Å². The minimum absolute atomic E-state index is 0.0442. The second kappa shape index (κ2) is 12.0. The van der Waals surface area contributed by atoms with E-state index in [1.807, 2.05) is 36.2 Å². The van der Waals surface area contributed by atoms with Gasteiger partial charge in [-0.1, -0.05) is 19.9 Å². The quantitative estimate of drug-likeness (QED) is 0.458. The zero-order valence-electron chi connectivity index (χ0n) is 23.9. The Bertz CT molecular complexity index is 1230. The van der Waals surface area contributed by atoms with E-state index >= 15 is 0 Å². The molecule has 0 saturated carbocycles. The molecule has 5 heterocycles. The molecule has 3 fully saturated rings. The first kappa shape index (κ1) is 28.1. The Morgan fingerprint density at radius 1 is 1.12 bits per heavy atom. The molecule has 0 aliphatic carbocycles. The second-order valence-corrected chi connectivity index (χ2v) is 11.5. The van der Waals surface area contributed by atoms with Crippen molar-refractivity contribution in [1.82, 2.24) is 34.3 Å². The molecule has 0 spiro atoms. The Kier molecular flexibility index (Phi) is 8.40. The van der Waals surface area contributed by atoms with Gasteiger partial charge in [-0.2, -0.15) is 19.6 Å². The SMILES string of the molecule is CC(C)c1cnn2c(NC3CCN(C(=O)O[C@@H]4CCN(C(=O)/C=C/CN(C)C)C4)CC3)nc(N3CC(O)C3)nc12. The molecule has 1 atom stereocenters. The minimum atomic E-state index is -0.354. The summed E-state index contributed by atoms with van der Waals surface area (Å²) in [6.45, 7) is 8.10. The van der Waals surface area contributed by atoms with Gasteiger partial charge in [0.15, 0.2) is 5.65 Å². The van der Waals surface area contributed by atoms with E-state index in [0.29, 0.717) is 64.1 Å². The van der Waals surface area contributed by atoms with E-state index < -0.39 is 0 Å². The topological polar surface area (TPSA) is 132 Å². The van der Waals surface area contributed by atoms with Gasteiger partial charge in [0, 0.05) is 63.4 Å². The molecule has 0 aromatic carbocycles. The molecule has 218 valence electrons. The molecule has 40 heavy (non-hydrogen) atoms. The van der Waals surface area contributed by atoms with Gasteiger partial charge in [-0.05, 0) is 32.9 Å². The third-order valence-corrected chi connectivity index (χ3v) is 7.69. The lowest BCUT2D eigenvalue weighted by Crippen LogP contribution is -2.51. The highest BCUT2D eigenvalue weighted by Crippen LogP contribution is 2.26. The van der Waals surface area contributed by atoms with E-state index in [2.05, 4.69) is 24.3 Å². The first-order valence-corrected chi connectivity index (χ1v) is 14.2. The van der Waals surface area contributed by atoms with Crippen molar-refractivity contribution in [2.45, 2.75) is 57.3 Å². The van der Waals surface area contributed by atoms with Gasteiger partial charge < -0.3 is 34.8 Å². The fourth-order valence-electron chi connectivity index (χ4n) is 5.24. The number of hydrogen-bond donors (Lipinski definition) is 2. The van der Waals surface area contributed by atoms with Gasteiger partial charge in [0.2, 0.25) is 17.8 Å². The summed E-state index contributed by atoms with van der Waals surface area (Å²) in [7, 11) is 3.90. The number of fused-ring (bicyclic) bond motifs is 1. The predicted octanol–water partition coefficient (Wildman–Crippen LogP) is 1.16. The number of nitrogens with zero attached hydrogens (tertiary/aromatic N) is 8. The number of ether oxygens (including phenoxy) is 1. The van der Waals surface area contributed by atoms with Gasteiger partial charge in [0.05, 0.1) is 18.8 Å². The van der Waals surface area contributed by atoms with E-state index in [1.165, 1.54) is 0 Å². The number of β-amino-alcohol motifs (C(OH)–C–C–N with tert-alkyl or cyclic N) is 1. The number of nitrogens with one attached hydrogen (secondary N) is 1. The summed E-state index contributed by atoms with van der Waals surface area (Å²) in [5.41, 5.74) is 1.81. The van der Waals surface area contributed by atoms with Crippen molar-refractivity contribution in [2.24, 2.45) is 0 Å². The molecular weight excluding hydrogens is 514 g/mol. The van der Waals surface area contributed by atoms with Crippen LogP contribution in [0.5, 0.6) is 0 Å². The fourth-order valence-corrected chi connectivity index (χ4v) is 5.24. The Balaban J connectivity index is 1.15. The lowest BCUT2D eigenvalue weighted by molar-refractivity contribution is -0.125. The van der Waals surface area contributed by atoms with Crippen molar-refractivity contribution >= 4 is 29.5 Å². The van der Waals surface area contributed by atoms with Crippen LogP contribution in [0.15, 0.2) is 18.3 Å². The number of piperidine rings is 1. The number of rotatable bonds is 8. The molecule has 2 aromatic heterocycles. The number of carbonyl (C=O) groups excluding carboxylic acids is 2. The molecule has 2 aromatic rings. The highest BCUT2D eigenvalue weighted by atomic mass is 16.6. The Hall–Kier alpha value is -3.45. The Labute approximate surface area is 234 Å². The number of aromatic nitrogens is 4. The van der Waals surface area contributed by atoms with Crippen LogP contribution in [0, 0.1) is 0 Å². The highest BCUT2D eigenvalue weighted by molar-refractivity contribution is 5.87. The van der Waals surface area contributed by atoms with Crippen molar-refractivity contribution in [3.05, 3.63) is 23.9 Å². The van der Waals surface area contributed by atoms with E-state index in [4.69, 9.17) is 14.7 Å². The van der Waals surface area contributed by atoms with Crippen molar-refractivity contribution in [2.75, 3.05) is 70.1 Å². The standard InChI is InChI=1S/C27H41N9O4/c1-18(2)22-14-28-36-24(22)30-25(35-15-20(37)16-35)31-26(36)29-19-7-11-33(12-8-19)27(39)40-21-9-13-34(17-21)23(38)6-5-10-32(3)4/h5-6,14,18-21,37H,7-13,15-17H2,1-4H3,(H,29,30,31)/b6-5+/t21-/m1/s1. The summed E-state index contributed by atoms with van der Waals surface area (Å²) in [6.07, 6.45) is 6.45. The monoisotopic (exact) mass is 555 g/mol. The zero-order valence-corrected chi connectivity index (χ0v) is 23.9. The van der Waals surface area contributed by atoms with E-state index in [0.717, 1.165) is 24.1 Å². The van der Waals surface area contributed by atoms with Gasteiger partial charge >= 0.3 is 6.09 Å². The van der Waals surface area contributed by atoms with Gasteiger partial charge in [-0.25, -0.2) is 4.79 Å². The van der Waals surface area contributed by atoms with E-state index in [1.54, 1.807) is 20.4 Å². The number of anilines is 2. The molecular formula is C27H41N9O4. The maximum atomic E-state index is 12.9. The van der Waals surface area contributed by atoms with Gasteiger partial charge in [-0.15, -0.1) is 0 Å². The molecule has 2 amide bonds. The van der Waals surface area contributed by atoms with Crippen LogP contribution in [0.2, 0.25) is 0 Å². The summed E-state index contributed by atoms with van der Waals surface area (Å²) < 4.78 is 7.51. The van der Waals surface area contributed by atoms with Crippen LogP contribution in [-0.2, 0) is 9.53 Å². The van der Waals surface area contributed by atoms with Crippen molar-refractivity contribution in [3.8, 4) is 0 Å². The number of likely N-dealkylation sites (tertiary alicyclic amines) is 2. The molecule has 0 bridgehead atoms. The molecule has 2 N–H and O–H groups in total. The number of carbonyl (C=O) groups is 2. The molecule has 0 radical (unpaired) electrons. The molecule has 3 aliphatic rings. The van der Waals surface area contributed by atoms with Crippen LogP contribution in [0.4, 0.5) is 16.7 Å². The second-order valence-electron chi connectivity index (χ2n) is 11.5.